The molecule has 4 nitrogen and oxygen atoms in total. The Kier molecular flexibility index (Phi) is 4.91. The zero-order valence-electron chi connectivity index (χ0n) is 12.0. The van der Waals surface area contributed by atoms with Gasteiger partial charge in [-0.05, 0) is 44.5 Å². The number of nitrogens with two attached hydrogens (primary N) is 1. The molecule has 0 aliphatic carbocycles. The quantitative estimate of drug-likeness (QED) is 0.774. The third-order valence-corrected chi connectivity index (χ3v) is 3.60. The molecule has 1 heterocycles. The lowest BCUT2D eigenvalue weighted by atomic mass is 10.1. The van der Waals surface area contributed by atoms with Gasteiger partial charge in [0.1, 0.15) is 5.75 Å². The average Bonchev–Trinajstić information content (AvgIpc) is 2.82. The molecule has 4 heteroatoms. The fourth-order valence-electron chi connectivity index (χ4n) is 2.48. The second-order valence-electron chi connectivity index (χ2n) is 5.36. The first-order valence-electron chi connectivity index (χ1n) is 7.14. The minimum Gasteiger partial charge on any atom is -0.491 e. The van der Waals surface area contributed by atoms with Gasteiger partial charge in [-0.25, -0.2) is 0 Å². The van der Waals surface area contributed by atoms with Crippen LogP contribution in [-0.2, 0) is 0 Å². The normalized spacial score (nSPS) is 19.6. The Morgan fingerprint density at radius 3 is 3.00 bits per heavy atom. The number of rotatable bonds is 6. The highest BCUT2D eigenvalue weighted by Crippen LogP contribution is 2.30. The molecule has 3 N–H and O–H groups in total. The van der Waals surface area contributed by atoms with Crippen molar-refractivity contribution in [2.75, 3.05) is 44.3 Å². The molecule has 0 saturated carbocycles. The van der Waals surface area contributed by atoms with Gasteiger partial charge in [0.25, 0.3) is 0 Å². The third-order valence-electron chi connectivity index (χ3n) is 3.60. The van der Waals surface area contributed by atoms with E-state index in [4.69, 9.17) is 10.5 Å². The van der Waals surface area contributed by atoms with E-state index in [2.05, 4.69) is 24.2 Å². The summed E-state index contributed by atoms with van der Waals surface area (Å²) in [6.07, 6.45) is 2.25. The standard InChI is InChI=1S/C15H25N3O/c1-3-9-19-14-6-4-5-13(15(14)16)17-10-12-7-8-18(2)11-12/h4-6,12,17H,3,7-11,16H2,1-2H3. The van der Waals surface area contributed by atoms with Crippen molar-refractivity contribution in [3.05, 3.63) is 18.2 Å². The molecule has 1 saturated heterocycles. The van der Waals surface area contributed by atoms with Crippen molar-refractivity contribution in [1.82, 2.24) is 4.90 Å². The molecular formula is C15H25N3O. The van der Waals surface area contributed by atoms with Crippen LogP contribution in [0, 0.1) is 5.92 Å². The van der Waals surface area contributed by atoms with Crippen molar-refractivity contribution in [3.8, 4) is 5.75 Å². The first-order chi connectivity index (χ1) is 9.20. The van der Waals surface area contributed by atoms with Gasteiger partial charge >= 0.3 is 0 Å². The van der Waals surface area contributed by atoms with Gasteiger partial charge in [0.15, 0.2) is 0 Å². The number of anilines is 2. The van der Waals surface area contributed by atoms with Gasteiger partial charge in [-0.2, -0.15) is 0 Å². The van der Waals surface area contributed by atoms with Crippen LogP contribution >= 0.6 is 0 Å². The second-order valence-corrected chi connectivity index (χ2v) is 5.36. The molecule has 1 unspecified atom stereocenters. The molecule has 0 spiro atoms. The number of nitrogens with zero attached hydrogens (tertiary/aromatic N) is 1. The van der Waals surface area contributed by atoms with Crippen LogP contribution in [0.3, 0.4) is 0 Å². The van der Waals surface area contributed by atoms with E-state index in [-0.39, 0.29) is 0 Å². The van der Waals surface area contributed by atoms with Crippen molar-refractivity contribution in [2.24, 2.45) is 5.92 Å². The van der Waals surface area contributed by atoms with Gasteiger partial charge in [0, 0.05) is 13.1 Å². The van der Waals surface area contributed by atoms with E-state index in [1.807, 2.05) is 18.2 Å². The van der Waals surface area contributed by atoms with Crippen LogP contribution < -0.4 is 15.8 Å². The fourth-order valence-corrected chi connectivity index (χ4v) is 2.48. The lowest BCUT2D eigenvalue weighted by molar-refractivity contribution is 0.319. The molecule has 19 heavy (non-hydrogen) atoms. The minimum atomic E-state index is 0.709. The molecule has 1 aromatic carbocycles. The minimum absolute atomic E-state index is 0.709. The number of nitrogens with one attached hydrogen (secondary N) is 1. The highest BCUT2D eigenvalue weighted by atomic mass is 16.5. The summed E-state index contributed by atoms with van der Waals surface area (Å²) in [5, 5.41) is 3.46. The smallest absolute Gasteiger partial charge is 0.144 e. The van der Waals surface area contributed by atoms with Crippen LogP contribution in [0.25, 0.3) is 0 Å². The number of benzene rings is 1. The largest absolute Gasteiger partial charge is 0.491 e. The van der Waals surface area contributed by atoms with E-state index >= 15 is 0 Å². The zero-order valence-corrected chi connectivity index (χ0v) is 12.0. The summed E-state index contributed by atoms with van der Waals surface area (Å²) < 4.78 is 5.64. The van der Waals surface area contributed by atoms with Crippen molar-refractivity contribution in [3.63, 3.8) is 0 Å². The highest BCUT2D eigenvalue weighted by molar-refractivity contribution is 5.72. The lowest BCUT2D eigenvalue weighted by Crippen LogP contribution is -2.19. The summed E-state index contributed by atoms with van der Waals surface area (Å²) in [6.45, 7) is 6.14. The van der Waals surface area contributed by atoms with E-state index in [1.54, 1.807) is 0 Å². The Bertz CT molecular complexity index is 408. The van der Waals surface area contributed by atoms with Gasteiger partial charge < -0.3 is 20.7 Å². The topological polar surface area (TPSA) is 50.5 Å². The Morgan fingerprint density at radius 1 is 1.47 bits per heavy atom. The molecule has 0 amide bonds. The predicted molar refractivity (Wildman–Crippen MR) is 80.7 cm³/mol. The number of nitrogen functional groups attached to an aromatic ring is 1. The van der Waals surface area contributed by atoms with Crippen LogP contribution in [0.4, 0.5) is 11.4 Å². The zero-order chi connectivity index (χ0) is 13.7. The van der Waals surface area contributed by atoms with Gasteiger partial charge in [-0.3, -0.25) is 0 Å². The summed E-state index contributed by atoms with van der Waals surface area (Å²) in [6, 6.07) is 5.94. The molecule has 1 fully saturated rings. The van der Waals surface area contributed by atoms with E-state index in [9.17, 15) is 0 Å². The maximum atomic E-state index is 6.14. The molecule has 2 rings (SSSR count). The summed E-state index contributed by atoms with van der Waals surface area (Å²) in [4.78, 5) is 2.37. The first kappa shape index (κ1) is 14.0. The van der Waals surface area contributed by atoms with E-state index in [1.165, 1.54) is 19.5 Å². The van der Waals surface area contributed by atoms with Crippen LogP contribution in [0.2, 0.25) is 0 Å². The Morgan fingerprint density at radius 2 is 2.32 bits per heavy atom. The van der Waals surface area contributed by atoms with Crippen molar-refractivity contribution in [1.29, 1.82) is 0 Å². The molecule has 1 aromatic rings. The van der Waals surface area contributed by atoms with E-state index in [0.717, 1.165) is 30.1 Å². The number of hydrogen-bond donors (Lipinski definition) is 2. The van der Waals surface area contributed by atoms with E-state index < -0.39 is 0 Å². The highest BCUT2D eigenvalue weighted by Gasteiger charge is 2.19. The molecule has 1 aliphatic heterocycles. The molecule has 0 bridgehead atoms. The van der Waals surface area contributed by atoms with Crippen molar-refractivity contribution >= 4 is 11.4 Å². The monoisotopic (exact) mass is 263 g/mol. The fraction of sp³-hybridized carbons (Fsp3) is 0.600. The first-order valence-corrected chi connectivity index (χ1v) is 7.14. The van der Waals surface area contributed by atoms with Crippen LogP contribution in [0.15, 0.2) is 18.2 Å². The maximum Gasteiger partial charge on any atom is 0.144 e. The van der Waals surface area contributed by atoms with Crippen molar-refractivity contribution in [2.45, 2.75) is 19.8 Å². The summed E-state index contributed by atoms with van der Waals surface area (Å²) in [5.41, 5.74) is 7.85. The number of para-hydroxylation sites is 1. The van der Waals surface area contributed by atoms with Crippen LogP contribution in [-0.4, -0.2) is 38.2 Å². The second kappa shape index (κ2) is 6.66. The van der Waals surface area contributed by atoms with Gasteiger partial charge in [0.05, 0.1) is 18.0 Å². The van der Waals surface area contributed by atoms with E-state index in [0.29, 0.717) is 12.5 Å². The average molecular weight is 263 g/mol. The molecule has 1 atom stereocenters. The molecule has 106 valence electrons. The Hall–Kier alpha value is -1.42. The molecular weight excluding hydrogens is 238 g/mol. The molecule has 1 aliphatic rings. The third kappa shape index (κ3) is 3.77. The predicted octanol–water partition coefficient (Wildman–Crippen LogP) is 2.42. The summed E-state index contributed by atoms with van der Waals surface area (Å²) in [7, 11) is 2.17. The molecule has 0 radical (unpaired) electrons. The van der Waals surface area contributed by atoms with Crippen molar-refractivity contribution < 1.29 is 4.74 Å². The SMILES string of the molecule is CCCOc1cccc(NCC2CCN(C)C2)c1N. The van der Waals surface area contributed by atoms with Gasteiger partial charge in [-0.15, -0.1) is 0 Å². The lowest BCUT2D eigenvalue weighted by Gasteiger charge is -2.16. The Labute approximate surface area is 115 Å². The maximum absolute atomic E-state index is 6.14. The Balaban J connectivity index is 1.92. The summed E-state index contributed by atoms with van der Waals surface area (Å²) >= 11 is 0. The summed E-state index contributed by atoms with van der Waals surface area (Å²) in [5.74, 6) is 1.50. The number of ether oxygens (including phenoxy) is 1. The van der Waals surface area contributed by atoms with Gasteiger partial charge in [-0.1, -0.05) is 13.0 Å². The van der Waals surface area contributed by atoms with Gasteiger partial charge in [0.2, 0.25) is 0 Å². The number of hydrogen-bond acceptors (Lipinski definition) is 4. The number of likely N-dealkylation sites (tertiary alicyclic amines) is 1. The van der Waals surface area contributed by atoms with Crippen LogP contribution in [0.5, 0.6) is 5.75 Å². The van der Waals surface area contributed by atoms with Crippen LogP contribution in [0.1, 0.15) is 19.8 Å². The molecule has 0 aromatic heterocycles.